The SMILES string of the molecule is COC(=O)CN(Cc1ccccc1)Cc1csc(-c2cccc(OC)c2)n1. The molecule has 0 N–H and O–H groups in total. The molecule has 0 radical (unpaired) electrons. The van der Waals surface area contributed by atoms with Gasteiger partial charge in [-0.15, -0.1) is 11.3 Å². The molecule has 6 heteroatoms. The molecule has 0 spiro atoms. The standard InChI is InChI=1S/C21H22N2O3S/c1-25-19-10-6-9-17(11-19)21-22-18(15-27-21)13-23(14-20(24)26-2)12-16-7-4-3-5-8-16/h3-11,15H,12-14H2,1-2H3. The molecule has 0 bridgehead atoms. The zero-order chi connectivity index (χ0) is 19.1. The first-order chi connectivity index (χ1) is 13.2. The summed E-state index contributed by atoms with van der Waals surface area (Å²) >= 11 is 1.59. The molecule has 1 heterocycles. The zero-order valence-electron chi connectivity index (χ0n) is 15.4. The molecule has 0 saturated carbocycles. The fourth-order valence-electron chi connectivity index (χ4n) is 2.75. The van der Waals surface area contributed by atoms with Gasteiger partial charge in [-0.05, 0) is 17.7 Å². The highest BCUT2D eigenvalue weighted by molar-refractivity contribution is 7.13. The van der Waals surface area contributed by atoms with E-state index in [9.17, 15) is 4.79 Å². The van der Waals surface area contributed by atoms with Crippen molar-refractivity contribution in [3.8, 4) is 16.3 Å². The Labute approximate surface area is 163 Å². The monoisotopic (exact) mass is 382 g/mol. The molecule has 1 aromatic heterocycles. The van der Waals surface area contributed by atoms with Crippen molar-refractivity contribution < 1.29 is 14.3 Å². The largest absolute Gasteiger partial charge is 0.497 e. The highest BCUT2D eigenvalue weighted by atomic mass is 32.1. The number of hydrogen-bond donors (Lipinski definition) is 0. The summed E-state index contributed by atoms with van der Waals surface area (Å²) in [5, 5.41) is 2.96. The number of carbonyl (C=O) groups excluding carboxylic acids is 1. The minimum absolute atomic E-state index is 0.220. The molecule has 0 amide bonds. The van der Waals surface area contributed by atoms with E-state index >= 15 is 0 Å². The molecule has 0 aliphatic rings. The molecule has 0 aliphatic carbocycles. The third-order valence-corrected chi connectivity index (χ3v) is 5.02. The van der Waals surface area contributed by atoms with Crippen LogP contribution in [0.1, 0.15) is 11.3 Å². The number of benzene rings is 2. The Morgan fingerprint density at radius 1 is 1.07 bits per heavy atom. The summed E-state index contributed by atoms with van der Waals surface area (Å²) < 4.78 is 10.1. The fourth-order valence-corrected chi connectivity index (χ4v) is 3.56. The van der Waals surface area contributed by atoms with Gasteiger partial charge in [-0.1, -0.05) is 42.5 Å². The maximum Gasteiger partial charge on any atom is 0.319 e. The second kappa shape index (κ2) is 9.30. The van der Waals surface area contributed by atoms with Crippen molar-refractivity contribution in [1.29, 1.82) is 0 Å². The van der Waals surface area contributed by atoms with Gasteiger partial charge in [-0.25, -0.2) is 4.98 Å². The van der Waals surface area contributed by atoms with Crippen molar-refractivity contribution >= 4 is 17.3 Å². The van der Waals surface area contributed by atoms with Gasteiger partial charge in [0.15, 0.2) is 0 Å². The average molecular weight is 382 g/mol. The Morgan fingerprint density at radius 3 is 2.63 bits per heavy atom. The van der Waals surface area contributed by atoms with Crippen LogP contribution in [0.3, 0.4) is 0 Å². The molecule has 5 nitrogen and oxygen atoms in total. The van der Waals surface area contributed by atoms with Crippen LogP contribution in [-0.2, 0) is 22.6 Å². The lowest BCUT2D eigenvalue weighted by Gasteiger charge is -2.20. The van der Waals surface area contributed by atoms with Gasteiger partial charge in [0.05, 0.1) is 26.5 Å². The summed E-state index contributed by atoms with van der Waals surface area (Å²) in [6.45, 7) is 1.45. The van der Waals surface area contributed by atoms with Crippen LogP contribution < -0.4 is 4.74 Å². The minimum Gasteiger partial charge on any atom is -0.497 e. The van der Waals surface area contributed by atoms with E-state index in [2.05, 4.69) is 0 Å². The maximum absolute atomic E-state index is 11.8. The van der Waals surface area contributed by atoms with Crippen LogP contribution in [0.4, 0.5) is 0 Å². The Morgan fingerprint density at radius 2 is 1.89 bits per heavy atom. The van der Waals surface area contributed by atoms with E-state index in [1.807, 2.05) is 64.9 Å². The van der Waals surface area contributed by atoms with E-state index < -0.39 is 0 Å². The van der Waals surface area contributed by atoms with Crippen LogP contribution in [0.25, 0.3) is 10.6 Å². The van der Waals surface area contributed by atoms with Crippen LogP contribution in [0.2, 0.25) is 0 Å². The molecular formula is C21H22N2O3S. The van der Waals surface area contributed by atoms with Gasteiger partial charge in [0.25, 0.3) is 0 Å². The van der Waals surface area contributed by atoms with Crippen molar-refractivity contribution in [3.05, 3.63) is 71.2 Å². The lowest BCUT2D eigenvalue weighted by molar-refractivity contribution is -0.142. The number of ether oxygens (including phenoxy) is 2. The van der Waals surface area contributed by atoms with Crippen LogP contribution in [0.5, 0.6) is 5.75 Å². The van der Waals surface area contributed by atoms with Crippen LogP contribution in [0, 0.1) is 0 Å². The van der Waals surface area contributed by atoms with E-state index in [4.69, 9.17) is 14.5 Å². The predicted molar refractivity (Wildman–Crippen MR) is 107 cm³/mol. The molecule has 0 fully saturated rings. The van der Waals surface area contributed by atoms with Gasteiger partial charge in [-0.2, -0.15) is 0 Å². The van der Waals surface area contributed by atoms with E-state index in [0.717, 1.165) is 27.6 Å². The van der Waals surface area contributed by atoms with Crippen molar-refractivity contribution in [1.82, 2.24) is 9.88 Å². The highest BCUT2D eigenvalue weighted by Gasteiger charge is 2.15. The summed E-state index contributed by atoms with van der Waals surface area (Å²) in [4.78, 5) is 18.6. The lowest BCUT2D eigenvalue weighted by atomic mass is 10.2. The zero-order valence-corrected chi connectivity index (χ0v) is 16.2. The number of aromatic nitrogens is 1. The maximum atomic E-state index is 11.8. The lowest BCUT2D eigenvalue weighted by Crippen LogP contribution is -2.30. The highest BCUT2D eigenvalue weighted by Crippen LogP contribution is 2.27. The third kappa shape index (κ3) is 5.39. The van der Waals surface area contributed by atoms with Crippen LogP contribution in [0.15, 0.2) is 60.0 Å². The first-order valence-corrected chi connectivity index (χ1v) is 9.48. The smallest absolute Gasteiger partial charge is 0.319 e. The summed E-state index contributed by atoms with van der Waals surface area (Å²) in [5.74, 6) is 0.551. The number of hydrogen-bond acceptors (Lipinski definition) is 6. The second-order valence-corrected chi connectivity index (χ2v) is 6.94. The first kappa shape index (κ1) is 19.1. The number of esters is 1. The number of rotatable bonds is 8. The Hall–Kier alpha value is -2.70. The van der Waals surface area contributed by atoms with Gasteiger partial charge in [0.1, 0.15) is 10.8 Å². The quantitative estimate of drug-likeness (QED) is 0.551. The van der Waals surface area contributed by atoms with Crippen molar-refractivity contribution in [2.24, 2.45) is 0 Å². The molecule has 0 aliphatic heterocycles. The summed E-state index contributed by atoms with van der Waals surface area (Å²) in [5.41, 5.74) is 3.09. The van der Waals surface area contributed by atoms with Crippen molar-refractivity contribution in [3.63, 3.8) is 0 Å². The summed E-state index contributed by atoms with van der Waals surface area (Å²) in [7, 11) is 3.06. The normalized spacial score (nSPS) is 10.8. The van der Waals surface area contributed by atoms with Crippen LogP contribution in [-0.4, -0.2) is 36.6 Å². The molecule has 140 valence electrons. The van der Waals surface area contributed by atoms with Gasteiger partial charge in [0.2, 0.25) is 0 Å². The van der Waals surface area contributed by atoms with E-state index in [0.29, 0.717) is 13.1 Å². The average Bonchev–Trinajstić information content (AvgIpc) is 3.17. The van der Waals surface area contributed by atoms with Gasteiger partial charge in [0, 0.05) is 24.0 Å². The topological polar surface area (TPSA) is 51.7 Å². The van der Waals surface area contributed by atoms with E-state index in [1.165, 1.54) is 7.11 Å². The molecular weight excluding hydrogens is 360 g/mol. The van der Waals surface area contributed by atoms with Gasteiger partial charge < -0.3 is 9.47 Å². The van der Waals surface area contributed by atoms with Crippen molar-refractivity contribution in [2.75, 3.05) is 20.8 Å². The van der Waals surface area contributed by atoms with E-state index in [-0.39, 0.29) is 12.5 Å². The molecule has 0 saturated heterocycles. The Kier molecular flexibility index (Phi) is 6.57. The number of carbonyl (C=O) groups is 1. The molecule has 0 unspecified atom stereocenters. The Balaban J connectivity index is 1.75. The summed E-state index contributed by atoms with van der Waals surface area (Å²) in [6, 6.07) is 17.9. The molecule has 3 aromatic rings. The van der Waals surface area contributed by atoms with Crippen LogP contribution >= 0.6 is 11.3 Å². The first-order valence-electron chi connectivity index (χ1n) is 8.60. The molecule has 0 atom stereocenters. The molecule has 27 heavy (non-hydrogen) atoms. The number of thiazole rings is 1. The predicted octanol–water partition coefficient (Wildman–Crippen LogP) is 3.99. The Bertz CT molecular complexity index is 880. The van der Waals surface area contributed by atoms with Gasteiger partial charge in [-0.3, -0.25) is 9.69 Å². The summed E-state index contributed by atoms with van der Waals surface area (Å²) in [6.07, 6.45) is 0. The number of nitrogens with zero attached hydrogens (tertiary/aromatic N) is 2. The van der Waals surface area contributed by atoms with Gasteiger partial charge >= 0.3 is 5.97 Å². The minimum atomic E-state index is -0.255. The molecule has 2 aromatic carbocycles. The third-order valence-electron chi connectivity index (χ3n) is 4.08. The van der Waals surface area contributed by atoms with Crippen molar-refractivity contribution in [2.45, 2.75) is 13.1 Å². The molecule has 3 rings (SSSR count). The van der Waals surface area contributed by atoms with E-state index in [1.54, 1.807) is 18.4 Å². The second-order valence-electron chi connectivity index (χ2n) is 6.08. The fraction of sp³-hybridized carbons (Fsp3) is 0.238. The number of methoxy groups -OCH3 is 2.